The Morgan fingerprint density at radius 2 is 2.24 bits per heavy atom. The van der Waals surface area contributed by atoms with Crippen LogP contribution in [0.3, 0.4) is 0 Å². The maximum Gasteiger partial charge on any atom is 0.376 e. The van der Waals surface area contributed by atoms with Gasteiger partial charge in [0.25, 0.3) is 0 Å². The summed E-state index contributed by atoms with van der Waals surface area (Å²) in [5.41, 5.74) is 4.58. The number of benzene rings is 1. The van der Waals surface area contributed by atoms with Gasteiger partial charge in [0, 0.05) is 22.8 Å². The number of carbonyl (C=O) groups excluding carboxylic acids is 1. The number of aryl methyl sites for hydroxylation is 1. The zero-order valence-electron chi connectivity index (χ0n) is 13.4. The molecule has 1 aromatic carbocycles. The Balaban J connectivity index is 1.77. The van der Waals surface area contributed by atoms with Crippen molar-refractivity contribution in [2.45, 2.75) is 12.8 Å². The number of oxime groups is 1. The first-order valence-electron chi connectivity index (χ1n) is 7.77. The number of esters is 1. The van der Waals surface area contributed by atoms with E-state index in [1.54, 1.807) is 18.5 Å². The minimum atomic E-state index is -0.561. The fraction of sp³-hybridized carbons (Fsp3) is 0.167. The zero-order valence-corrected chi connectivity index (χ0v) is 13.4. The van der Waals surface area contributed by atoms with E-state index in [0.717, 1.165) is 28.6 Å². The molecule has 126 valence electrons. The maximum atomic E-state index is 12.0. The first kappa shape index (κ1) is 15.2. The third kappa shape index (κ3) is 2.50. The molecule has 1 aliphatic carbocycles. The molecule has 4 rings (SSSR count). The van der Waals surface area contributed by atoms with Crippen LogP contribution in [-0.4, -0.2) is 29.0 Å². The summed E-state index contributed by atoms with van der Waals surface area (Å²) in [5.74, 6) is -0.460. The minimum Gasteiger partial charge on any atom is -0.463 e. The highest BCUT2D eigenvalue weighted by Gasteiger charge is 2.23. The molecule has 0 saturated heterocycles. The van der Waals surface area contributed by atoms with E-state index >= 15 is 0 Å². The Morgan fingerprint density at radius 1 is 1.36 bits per heavy atom. The van der Waals surface area contributed by atoms with Gasteiger partial charge in [0.1, 0.15) is 5.69 Å². The van der Waals surface area contributed by atoms with Crippen LogP contribution in [0, 0.1) is 0 Å². The maximum absolute atomic E-state index is 12.0. The summed E-state index contributed by atoms with van der Waals surface area (Å²) in [6, 6.07) is 7.53. The van der Waals surface area contributed by atoms with Gasteiger partial charge in [0.15, 0.2) is 5.58 Å². The van der Waals surface area contributed by atoms with Crippen LogP contribution in [0.2, 0.25) is 0 Å². The van der Waals surface area contributed by atoms with E-state index in [1.165, 1.54) is 7.11 Å². The molecule has 0 bridgehead atoms. The van der Waals surface area contributed by atoms with Gasteiger partial charge in [-0.2, -0.15) is 0 Å². The number of nitrogens with one attached hydrogen (secondary N) is 1. The molecule has 7 heteroatoms. The molecule has 0 amide bonds. The van der Waals surface area contributed by atoms with Crippen LogP contribution >= 0.6 is 0 Å². The van der Waals surface area contributed by atoms with Gasteiger partial charge in [-0.25, -0.2) is 4.79 Å². The third-order valence-electron chi connectivity index (χ3n) is 4.30. The van der Waals surface area contributed by atoms with E-state index in [2.05, 4.69) is 15.5 Å². The number of ether oxygens (including phenoxy) is 1. The highest BCUT2D eigenvalue weighted by Crippen LogP contribution is 2.34. The van der Waals surface area contributed by atoms with Crippen LogP contribution in [0.25, 0.3) is 11.0 Å². The summed E-state index contributed by atoms with van der Waals surface area (Å²) in [6.45, 7) is 0. The topological polar surface area (TPSA) is 97.0 Å². The summed E-state index contributed by atoms with van der Waals surface area (Å²) < 4.78 is 10.4. The fourth-order valence-electron chi connectivity index (χ4n) is 3.11. The molecule has 0 fully saturated rings. The number of hydrogen-bond donors (Lipinski definition) is 2. The van der Waals surface area contributed by atoms with Crippen molar-refractivity contribution in [3.63, 3.8) is 0 Å². The predicted molar refractivity (Wildman–Crippen MR) is 91.7 cm³/mol. The van der Waals surface area contributed by atoms with Crippen LogP contribution in [0.5, 0.6) is 0 Å². The lowest BCUT2D eigenvalue weighted by Crippen LogP contribution is -2.03. The average Bonchev–Trinajstić information content (AvgIpc) is 3.22. The predicted octanol–water partition coefficient (Wildman–Crippen LogP) is 3.48. The molecule has 0 unspecified atom stereocenters. The second-order valence-electron chi connectivity index (χ2n) is 5.71. The summed E-state index contributed by atoms with van der Waals surface area (Å²) in [6.07, 6.45) is 4.71. The molecule has 0 saturated carbocycles. The van der Waals surface area contributed by atoms with Gasteiger partial charge in [-0.3, -0.25) is 4.98 Å². The molecule has 2 aromatic heterocycles. The molecule has 0 aliphatic heterocycles. The number of aromatic nitrogens is 1. The van der Waals surface area contributed by atoms with Gasteiger partial charge >= 0.3 is 5.97 Å². The van der Waals surface area contributed by atoms with E-state index in [9.17, 15) is 4.79 Å². The van der Waals surface area contributed by atoms with E-state index in [-0.39, 0.29) is 5.76 Å². The number of furan rings is 1. The molecule has 0 spiro atoms. The SMILES string of the molecule is COC(=O)c1oc2cnccc2c1Nc1ccc2c(c1)CCC2=NO. The summed E-state index contributed by atoms with van der Waals surface area (Å²) in [4.78, 5) is 16.1. The normalized spacial score (nSPS) is 14.7. The number of rotatable bonds is 3. The highest BCUT2D eigenvalue weighted by molar-refractivity contribution is 6.06. The van der Waals surface area contributed by atoms with Gasteiger partial charge in [0.2, 0.25) is 5.76 Å². The van der Waals surface area contributed by atoms with Crippen molar-refractivity contribution in [1.29, 1.82) is 0 Å². The largest absolute Gasteiger partial charge is 0.463 e. The van der Waals surface area contributed by atoms with Gasteiger partial charge in [-0.1, -0.05) is 11.2 Å². The van der Waals surface area contributed by atoms with Crippen molar-refractivity contribution in [3.8, 4) is 0 Å². The van der Waals surface area contributed by atoms with Crippen molar-refractivity contribution >= 4 is 34.0 Å². The van der Waals surface area contributed by atoms with Gasteiger partial charge < -0.3 is 19.7 Å². The molecular weight excluding hydrogens is 322 g/mol. The quantitative estimate of drug-likeness (QED) is 0.431. The zero-order chi connectivity index (χ0) is 17.4. The lowest BCUT2D eigenvalue weighted by molar-refractivity contribution is 0.0569. The number of hydrogen-bond acceptors (Lipinski definition) is 7. The Hall–Kier alpha value is -3.35. The standard InChI is InChI=1S/C18H15N3O4/c1-24-18(22)17-16(13-6-7-19-9-15(13)25-17)20-11-3-4-12-10(8-11)2-5-14(12)21-23/h3-4,6-9,20,23H,2,5H2,1H3. The smallest absolute Gasteiger partial charge is 0.376 e. The molecule has 7 nitrogen and oxygen atoms in total. The van der Waals surface area contributed by atoms with Gasteiger partial charge in [-0.05, 0) is 36.6 Å². The second-order valence-corrected chi connectivity index (χ2v) is 5.71. The highest BCUT2D eigenvalue weighted by atomic mass is 16.5. The van der Waals surface area contributed by atoms with Crippen LogP contribution in [0.15, 0.2) is 46.2 Å². The molecule has 2 heterocycles. The van der Waals surface area contributed by atoms with Crippen molar-refractivity contribution in [2.75, 3.05) is 12.4 Å². The number of nitrogens with zero attached hydrogens (tertiary/aromatic N) is 2. The van der Waals surface area contributed by atoms with Gasteiger partial charge in [0.05, 0.1) is 19.0 Å². The number of carbonyl (C=O) groups is 1. The molecule has 2 N–H and O–H groups in total. The number of methoxy groups -OCH3 is 1. The summed E-state index contributed by atoms with van der Waals surface area (Å²) in [5, 5.41) is 16.4. The summed E-state index contributed by atoms with van der Waals surface area (Å²) >= 11 is 0. The Labute approximate surface area is 142 Å². The van der Waals surface area contributed by atoms with Crippen LogP contribution < -0.4 is 5.32 Å². The molecular formula is C18H15N3O4. The first-order chi connectivity index (χ1) is 12.2. The average molecular weight is 337 g/mol. The van der Waals surface area contributed by atoms with Crippen molar-refractivity contribution in [3.05, 3.63) is 53.5 Å². The van der Waals surface area contributed by atoms with Crippen LogP contribution in [-0.2, 0) is 11.2 Å². The number of anilines is 2. The molecule has 25 heavy (non-hydrogen) atoms. The van der Waals surface area contributed by atoms with Gasteiger partial charge in [-0.15, -0.1) is 0 Å². The molecule has 3 aromatic rings. The van der Waals surface area contributed by atoms with Crippen molar-refractivity contribution in [1.82, 2.24) is 4.98 Å². The van der Waals surface area contributed by atoms with Crippen molar-refractivity contribution in [2.24, 2.45) is 5.16 Å². The second kappa shape index (κ2) is 5.94. The lowest BCUT2D eigenvalue weighted by atomic mass is 10.1. The Morgan fingerprint density at radius 3 is 3.04 bits per heavy atom. The minimum absolute atomic E-state index is 0.101. The van der Waals surface area contributed by atoms with E-state index < -0.39 is 5.97 Å². The molecule has 1 aliphatic rings. The third-order valence-corrected chi connectivity index (χ3v) is 4.30. The van der Waals surface area contributed by atoms with Crippen LogP contribution in [0.1, 0.15) is 28.1 Å². The first-order valence-corrected chi connectivity index (χ1v) is 7.77. The van der Waals surface area contributed by atoms with E-state index in [4.69, 9.17) is 14.4 Å². The summed E-state index contributed by atoms with van der Waals surface area (Å²) in [7, 11) is 1.31. The molecule has 0 atom stereocenters. The van der Waals surface area contributed by atoms with Crippen LogP contribution in [0.4, 0.5) is 11.4 Å². The fourth-order valence-corrected chi connectivity index (χ4v) is 3.11. The van der Waals surface area contributed by atoms with E-state index in [1.807, 2.05) is 18.2 Å². The van der Waals surface area contributed by atoms with E-state index in [0.29, 0.717) is 23.4 Å². The number of pyridine rings is 1. The lowest BCUT2D eigenvalue weighted by Gasteiger charge is -2.08. The Bertz CT molecular complexity index is 1010. The number of fused-ring (bicyclic) bond motifs is 2. The monoisotopic (exact) mass is 337 g/mol. The Kier molecular flexibility index (Phi) is 3.61. The molecule has 0 radical (unpaired) electrons. The van der Waals surface area contributed by atoms with Crippen molar-refractivity contribution < 1.29 is 19.2 Å².